The molecule has 1 heterocycles. The van der Waals surface area contributed by atoms with Gasteiger partial charge in [-0.2, -0.15) is 0 Å². The van der Waals surface area contributed by atoms with Gasteiger partial charge in [0.25, 0.3) is 0 Å². The topological polar surface area (TPSA) is 54.7 Å². The Hall–Kier alpha value is -1.68. The van der Waals surface area contributed by atoms with E-state index in [4.69, 9.17) is 5.73 Å². The number of aromatic amines is 1. The van der Waals surface area contributed by atoms with Crippen LogP contribution in [0.2, 0.25) is 0 Å². The first-order chi connectivity index (χ1) is 8.94. The number of halogens is 1. The fourth-order valence-corrected chi connectivity index (χ4v) is 2.15. The van der Waals surface area contributed by atoms with E-state index in [9.17, 15) is 4.39 Å². The molecule has 1 aromatic carbocycles. The largest absolute Gasteiger partial charge is 0.345 e. The van der Waals surface area contributed by atoms with Crippen LogP contribution in [-0.2, 0) is 5.41 Å². The number of aryl methyl sites for hydroxylation is 1. The molecule has 0 fully saturated rings. The van der Waals surface area contributed by atoms with Crippen molar-refractivity contribution in [1.29, 1.82) is 0 Å². The minimum atomic E-state index is -0.236. The highest BCUT2D eigenvalue weighted by molar-refractivity contribution is 5.62. The minimum absolute atomic E-state index is 0.0855. The van der Waals surface area contributed by atoms with Gasteiger partial charge in [0.1, 0.15) is 11.6 Å². The van der Waals surface area contributed by atoms with Crippen LogP contribution in [0.3, 0.4) is 0 Å². The van der Waals surface area contributed by atoms with E-state index in [0.29, 0.717) is 6.54 Å². The lowest BCUT2D eigenvalue weighted by atomic mass is 9.88. The maximum atomic E-state index is 13.0. The molecule has 0 unspecified atom stereocenters. The maximum Gasteiger partial charge on any atom is 0.123 e. The summed E-state index contributed by atoms with van der Waals surface area (Å²) in [7, 11) is 0. The van der Waals surface area contributed by atoms with Crippen molar-refractivity contribution in [3.8, 4) is 11.3 Å². The number of nitrogens with one attached hydrogen (secondary N) is 1. The van der Waals surface area contributed by atoms with E-state index in [1.54, 1.807) is 12.1 Å². The Kier molecular flexibility index (Phi) is 3.71. The van der Waals surface area contributed by atoms with E-state index in [1.165, 1.54) is 12.1 Å². The molecule has 3 nitrogen and oxygen atoms in total. The van der Waals surface area contributed by atoms with E-state index < -0.39 is 0 Å². The Morgan fingerprint density at radius 3 is 2.47 bits per heavy atom. The fourth-order valence-electron chi connectivity index (χ4n) is 2.15. The second-order valence-corrected chi connectivity index (χ2v) is 5.49. The molecule has 0 amide bonds. The van der Waals surface area contributed by atoms with Crippen LogP contribution in [0, 0.1) is 12.7 Å². The van der Waals surface area contributed by atoms with Gasteiger partial charge in [-0.1, -0.05) is 13.8 Å². The van der Waals surface area contributed by atoms with E-state index in [1.807, 2.05) is 6.92 Å². The number of hydrogen-bond donors (Lipinski definition) is 2. The molecule has 4 heteroatoms. The zero-order valence-corrected chi connectivity index (χ0v) is 11.6. The van der Waals surface area contributed by atoms with Crippen LogP contribution in [0.4, 0.5) is 4.39 Å². The normalized spacial score (nSPS) is 11.8. The van der Waals surface area contributed by atoms with Crippen LogP contribution in [0.1, 0.15) is 31.8 Å². The van der Waals surface area contributed by atoms with Gasteiger partial charge in [-0.3, -0.25) is 0 Å². The fraction of sp³-hybridized carbons (Fsp3) is 0.400. The number of benzene rings is 1. The summed E-state index contributed by atoms with van der Waals surface area (Å²) in [6.07, 6.45) is 0.864. The molecule has 2 rings (SSSR count). The van der Waals surface area contributed by atoms with E-state index in [-0.39, 0.29) is 11.2 Å². The van der Waals surface area contributed by atoms with Crippen molar-refractivity contribution in [3.05, 3.63) is 41.6 Å². The number of hydrogen-bond acceptors (Lipinski definition) is 2. The highest BCUT2D eigenvalue weighted by atomic mass is 19.1. The summed E-state index contributed by atoms with van der Waals surface area (Å²) in [4.78, 5) is 7.99. The molecule has 0 radical (unpaired) electrons. The Morgan fingerprint density at radius 2 is 1.89 bits per heavy atom. The smallest absolute Gasteiger partial charge is 0.123 e. The molecular formula is C15H20FN3. The lowest BCUT2D eigenvalue weighted by molar-refractivity contribution is 0.461. The van der Waals surface area contributed by atoms with Crippen molar-refractivity contribution in [2.75, 3.05) is 6.54 Å². The van der Waals surface area contributed by atoms with Gasteiger partial charge >= 0.3 is 0 Å². The predicted molar refractivity (Wildman–Crippen MR) is 75.4 cm³/mol. The third-order valence-corrected chi connectivity index (χ3v) is 3.41. The average molecular weight is 261 g/mol. The van der Waals surface area contributed by atoms with Crippen molar-refractivity contribution in [2.45, 2.75) is 32.6 Å². The van der Waals surface area contributed by atoms with Crippen molar-refractivity contribution in [1.82, 2.24) is 9.97 Å². The van der Waals surface area contributed by atoms with Crippen LogP contribution in [0.25, 0.3) is 11.3 Å². The lowest BCUT2D eigenvalue weighted by Crippen LogP contribution is -2.23. The molecule has 102 valence electrons. The van der Waals surface area contributed by atoms with Gasteiger partial charge < -0.3 is 10.7 Å². The molecule has 0 aliphatic rings. The summed E-state index contributed by atoms with van der Waals surface area (Å²) in [6.45, 7) is 6.84. The van der Waals surface area contributed by atoms with Crippen molar-refractivity contribution >= 4 is 0 Å². The molecule has 0 saturated heterocycles. The number of rotatable bonds is 4. The van der Waals surface area contributed by atoms with Crippen molar-refractivity contribution in [2.24, 2.45) is 5.73 Å². The van der Waals surface area contributed by atoms with Gasteiger partial charge in [-0.25, -0.2) is 9.37 Å². The van der Waals surface area contributed by atoms with Gasteiger partial charge in [0.2, 0.25) is 0 Å². The molecule has 0 atom stereocenters. The number of nitrogens with two attached hydrogens (primary N) is 1. The summed E-state index contributed by atoms with van der Waals surface area (Å²) < 4.78 is 13.0. The second kappa shape index (κ2) is 5.13. The summed E-state index contributed by atoms with van der Waals surface area (Å²) in [5.41, 5.74) is 8.34. The molecule has 0 saturated carbocycles. The Morgan fingerprint density at radius 1 is 1.26 bits per heavy atom. The predicted octanol–water partition coefficient (Wildman–Crippen LogP) is 3.15. The molecular weight excluding hydrogens is 241 g/mol. The number of nitrogens with zero attached hydrogens (tertiary/aromatic N) is 1. The van der Waals surface area contributed by atoms with Gasteiger partial charge in [0.05, 0.1) is 5.69 Å². The first-order valence-electron chi connectivity index (χ1n) is 6.47. The Balaban J connectivity index is 2.39. The molecule has 19 heavy (non-hydrogen) atoms. The van der Waals surface area contributed by atoms with Crippen LogP contribution in [0.15, 0.2) is 24.3 Å². The Bertz CT molecular complexity index is 555. The first kappa shape index (κ1) is 13.7. The highest BCUT2D eigenvalue weighted by Crippen LogP contribution is 2.29. The molecule has 0 aliphatic carbocycles. The summed E-state index contributed by atoms with van der Waals surface area (Å²) >= 11 is 0. The quantitative estimate of drug-likeness (QED) is 0.888. The zero-order valence-electron chi connectivity index (χ0n) is 11.6. The number of H-pyrrole nitrogens is 1. The van der Waals surface area contributed by atoms with E-state index >= 15 is 0 Å². The SMILES string of the molecule is Cc1[nH]c(C(C)(C)CCN)nc1-c1ccc(F)cc1. The first-order valence-corrected chi connectivity index (χ1v) is 6.47. The second-order valence-electron chi connectivity index (χ2n) is 5.49. The molecule has 3 N–H and O–H groups in total. The van der Waals surface area contributed by atoms with Crippen LogP contribution < -0.4 is 5.73 Å². The zero-order chi connectivity index (χ0) is 14.0. The molecule has 0 spiro atoms. The van der Waals surface area contributed by atoms with Crippen molar-refractivity contribution < 1.29 is 4.39 Å². The summed E-state index contributed by atoms with van der Waals surface area (Å²) in [5.74, 6) is 0.690. The highest BCUT2D eigenvalue weighted by Gasteiger charge is 2.24. The van der Waals surface area contributed by atoms with Crippen LogP contribution in [0.5, 0.6) is 0 Å². The summed E-state index contributed by atoms with van der Waals surface area (Å²) in [5, 5.41) is 0. The third-order valence-electron chi connectivity index (χ3n) is 3.41. The van der Waals surface area contributed by atoms with Crippen molar-refractivity contribution in [3.63, 3.8) is 0 Å². The van der Waals surface area contributed by atoms with Gasteiger partial charge in [0, 0.05) is 16.7 Å². The monoisotopic (exact) mass is 261 g/mol. The number of aromatic nitrogens is 2. The average Bonchev–Trinajstić information content (AvgIpc) is 2.73. The number of imidazole rings is 1. The standard InChI is InChI=1S/C15H20FN3/c1-10-13(11-4-6-12(16)7-5-11)19-14(18-10)15(2,3)8-9-17/h4-7H,8-9,17H2,1-3H3,(H,18,19). The van der Waals surface area contributed by atoms with E-state index in [0.717, 1.165) is 29.2 Å². The maximum absolute atomic E-state index is 13.0. The van der Waals surface area contributed by atoms with Crippen LogP contribution >= 0.6 is 0 Å². The molecule has 1 aromatic heterocycles. The summed E-state index contributed by atoms with van der Waals surface area (Å²) in [6, 6.07) is 6.40. The molecule has 2 aromatic rings. The minimum Gasteiger partial charge on any atom is -0.345 e. The van der Waals surface area contributed by atoms with Gasteiger partial charge in [-0.05, 0) is 44.2 Å². The van der Waals surface area contributed by atoms with E-state index in [2.05, 4.69) is 23.8 Å². The molecule has 0 bridgehead atoms. The Labute approximate surface area is 113 Å². The third kappa shape index (κ3) is 2.84. The van der Waals surface area contributed by atoms with Crippen LogP contribution in [-0.4, -0.2) is 16.5 Å². The molecule has 0 aliphatic heterocycles. The lowest BCUT2D eigenvalue weighted by Gasteiger charge is -2.20. The van der Waals surface area contributed by atoms with Gasteiger partial charge in [-0.15, -0.1) is 0 Å². The van der Waals surface area contributed by atoms with Gasteiger partial charge in [0.15, 0.2) is 0 Å².